The van der Waals surface area contributed by atoms with Crippen LogP contribution in [0.15, 0.2) is 78.9 Å². The molecule has 2 unspecified atom stereocenters. The highest BCUT2D eigenvalue weighted by molar-refractivity contribution is 5.89. The first-order chi connectivity index (χ1) is 20.7. The topological polar surface area (TPSA) is 83.1 Å². The molecule has 3 N–H and O–H groups in total. The quantitative estimate of drug-likeness (QED) is 0.267. The van der Waals surface area contributed by atoms with Crippen molar-refractivity contribution < 1.29 is 19.4 Å². The number of aliphatic hydroxyl groups excluding tert-OH is 1. The Balaban J connectivity index is 1.14. The van der Waals surface area contributed by atoms with Crippen molar-refractivity contribution in [3.05, 3.63) is 101 Å². The molecule has 6 rings (SSSR count). The number of hydrogen-bond donors (Lipinski definition) is 3. The second-order valence-corrected chi connectivity index (χ2v) is 13.9. The third kappa shape index (κ3) is 7.29. The van der Waals surface area contributed by atoms with E-state index in [1.54, 1.807) is 0 Å². The highest BCUT2D eigenvalue weighted by Gasteiger charge is 2.50. The van der Waals surface area contributed by atoms with Crippen molar-refractivity contribution >= 4 is 11.7 Å². The number of carbonyl (C=O) groups is 1. The monoisotopic (exact) mass is 583 g/mol. The van der Waals surface area contributed by atoms with Crippen LogP contribution in [-0.4, -0.2) is 41.3 Å². The third-order valence-electron chi connectivity index (χ3n) is 9.31. The summed E-state index contributed by atoms with van der Waals surface area (Å²) in [7, 11) is 0. The zero-order chi connectivity index (χ0) is 30.0. The summed E-state index contributed by atoms with van der Waals surface area (Å²) >= 11 is 0. The van der Waals surface area contributed by atoms with Crippen LogP contribution >= 0.6 is 0 Å². The molecule has 2 bridgehead atoms. The molecule has 2 amide bonds. The molecule has 5 atom stereocenters. The van der Waals surface area contributed by atoms with Gasteiger partial charge in [-0.15, -0.1) is 0 Å². The first-order valence-corrected chi connectivity index (χ1v) is 15.6. The Morgan fingerprint density at radius 3 is 2.35 bits per heavy atom. The molecule has 0 spiro atoms. The van der Waals surface area contributed by atoms with Gasteiger partial charge in [0.15, 0.2) is 6.29 Å². The molecule has 2 saturated heterocycles. The average molecular weight is 584 g/mol. The van der Waals surface area contributed by atoms with E-state index in [1.165, 1.54) is 19.3 Å². The minimum absolute atomic E-state index is 0.0221. The molecule has 0 radical (unpaired) electrons. The summed E-state index contributed by atoms with van der Waals surface area (Å²) in [6.07, 6.45) is 3.93. The Morgan fingerprint density at radius 2 is 1.63 bits per heavy atom. The Kier molecular flexibility index (Phi) is 8.60. The molecule has 0 aromatic heterocycles. The lowest BCUT2D eigenvalue weighted by atomic mass is 9.65. The molecule has 3 aromatic rings. The standard InChI is InChI=1S/C36H45N3O4/c1-35(2)18-30-19-36(3,23-35)24-39(30)21-31-17-32(27-11-9-26(22-40)10-12-27)43-33(42-31)28-13-15-29(16-14-28)38-34(41)37-20-25-7-5-4-6-8-25/h4-16,30-33,40H,17-24H2,1-3H3,(H2,37,38,41)/t30?,31-,32+,33+,36?/m1/s1. The molecule has 228 valence electrons. The van der Waals surface area contributed by atoms with Crippen LogP contribution in [0.3, 0.4) is 0 Å². The maximum absolute atomic E-state index is 12.5. The van der Waals surface area contributed by atoms with E-state index < -0.39 is 6.29 Å². The van der Waals surface area contributed by atoms with Gasteiger partial charge in [0.05, 0.1) is 18.8 Å². The van der Waals surface area contributed by atoms with E-state index in [9.17, 15) is 9.90 Å². The normalized spacial score (nSPS) is 28.4. The van der Waals surface area contributed by atoms with Gasteiger partial charge in [-0.2, -0.15) is 0 Å². The summed E-state index contributed by atoms with van der Waals surface area (Å²) in [6, 6.07) is 26.0. The SMILES string of the molecule is CC1(C)CC2CC(C)(CN2C[C@H]2C[C@@H](c3ccc(CO)cc3)O[C@@H](c3ccc(NC(=O)NCc4ccccc4)cc3)O2)C1. The zero-order valence-corrected chi connectivity index (χ0v) is 25.6. The van der Waals surface area contributed by atoms with Crippen LogP contribution in [0.1, 0.15) is 81.1 Å². The minimum atomic E-state index is -0.517. The number of hydrogen-bond acceptors (Lipinski definition) is 5. The van der Waals surface area contributed by atoms with E-state index in [1.807, 2.05) is 66.7 Å². The van der Waals surface area contributed by atoms with Gasteiger partial charge in [-0.25, -0.2) is 4.79 Å². The Labute approximate surface area is 255 Å². The summed E-state index contributed by atoms with van der Waals surface area (Å²) in [6.45, 7) is 9.79. The number of rotatable bonds is 8. The summed E-state index contributed by atoms with van der Waals surface area (Å²) in [4.78, 5) is 15.2. The summed E-state index contributed by atoms with van der Waals surface area (Å²) in [5.74, 6) is 0. The summed E-state index contributed by atoms with van der Waals surface area (Å²) < 4.78 is 13.2. The van der Waals surface area contributed by atoms with Crippen LogP contribution in [0.4, 0.5) is 10.5 Å². The van der Waals surface area contributed by atoms with Crippen LogP contribution in [-0.2, 0) is 22.6 Å². The molecule has 43 heavy (non-hydrogen) atoms. The summed E-state index contributed by atoms with van der Waals surface area (Å²) in [5, 5.41) is 15.4. The molecular weight excluding hydrogens is 538 g/mol. The first-order valence-electron chi connectivity index (χ1n) is 15.6. The van der Waals surface area contributed by atoms with Gasteiger partial charge < -0.3 is 25.2 Å². The van der Waals surface area contributed by atoms with Crippen LogP contribution in [0.2, 0.25) is 0 Å². The second kappa shape index (κ2) is 12.4. The second-order valence-electron chi connectivity index (χ2n) is 13.9. The maximum atomic E-state index is 12.5. The van der Waals surface area contributed by atoms with Crippen LogP contribution in [0.25, 0.3) is 0 Å². The fraction of sp³-hybridized carbons (Fsp3) is 0.472. The largest absolute Gasteiger partial charge is 0.392 e. The van der Waals surface area contributed by atoms with Crippen molar-refractivity contribution in [3.8, 4) is 0 Å². The van der Waals surface area contributed by atoms with E-state index in [4.69, 9.17) is 9.47 Å². The van der Waals surface area contributed by atoms with E-state index in [2.05, 4.69) is 48.4 Å². The lowest BCUT2D eigenvalue weighted by Crippen LogP contribution is -2.42. The number of amides is 2. The Bertz CT molecular complexity index is 1380. The van der Waals surface area contributed by atoms with Crippen LogP contribution in [0, 0.1) is 10.8 Å². The number of ether oxygens (including phenoxy) is 2. The van der Waals surface area contributed by atoms with Gasteiger partial charge in [-0.3, -0.25) is 4.90 Å². The number of benzene rings is 3. The van der Waals surface area contributed by atoms with Crippen molar-refractivity contribution in [2.24, 2.45) is 10.8 Å². The molecule has 3 aliphatic rings. The number of carbonyl (C=O) groups excluding carboxylic acids is 1. The van der Waals surface area contributed by atoms with Crippen molar-refractivity contribution in [2.45, 2.75) is 84.1 Å². The Hall–Kier alpha value is -3.23. The highest BCUT2D eigenvalue weighted by atomic mass is 16.7. The zero-order valence-electron chi connectivity index (χ0n) is 25.6. The minimum Gasteiger partial charge on any atom is -0.392 e. The van der Waals surface area contributed by atoms with Gasteiger partial charge in [0, 0.05) is 43.3 Å². The van der Waals surface area contributed by atoms with E-state index in [0.717, 1.165) is 41.8 Å². The first kappa shape index (κ1) is 29.8. The molecule has 7 heteroatoms. The smallest absolute Gasteiger partial charge is 0.319 e. The van der Waals surface area contributed by atoms with Gasteiger partial charge >= 0.3 is 6.03 Å². The number of nitrogens with one attached hydrogen (secondary N) is 2. The molecule has 2 heterocycles. The van der Waals surface area contributed by atoms with Crippen molar-refractivity contribution in [3.63, 3.8) is 0 Å². The molecule has 7 nitrogen and oxygen atoms in total. The number of urea groups is 1. The van der Waals surface area contributed by atoms with Crippen LogP contribution < -0.4 is 10.6 Å². The fourth-order valence-electron chi connectivity index (χ4n) is 7.76. The van der Waals surface area contributed by atoms with Gasteiger partial charge in [0.1, 0.15) is 0 Å². The predicted octanol–water partition coefficient (Wildman–Crippen LogP) is 6.95. The molecule has 2 aliphatic heterocycles. The van der Waals surface area contributed by atoms with E-state index >= 15 is 0 Å². The van der Waals surface area contributed by atoms with Gasteiger partial charge in [0.25, 0.3) is 0 Å². The average Bonchev–Trinajstić information content (AvgIpc) is 3.23. The van der Waals surface area contributed by atoms with E-state index in [0.29, 0.717) is 29.1 Å². The van der Waals surface area contributed by atoms with Crippen molar-refractivity contribution in [2.75, 3.05) is 18.4 Å². The van der Waals surface area contributed by atoms with Gasteiger partial charge in [-0.05, 0) is 58.9 Å². The number of anilines is 1. The highest BCUT2D eigenvalue weighted by Crippen LogP contribution is 2.53. The number of aliphatic hydroxyl groups is 1. The van der Waals surface area contributed by atoms with Gasteiger partial charge in [0.2, 0.25) is 0 Å². The lowest BCUT2D eigenvalue weighted by Gasteiger charge is -2.41. The van der Waals surface area contributed by atoms with Crippen molar-refractivity contribution in [1.82, 2.24) is 10.2 Å². The molecular formula is C36H45N3O4. The lowest BCUT2D eigenvalue weighted by molar-refractivity contribution is -0.253. The summed E-state index contributed by atoms with van der Waals surface area (Å²) in [5.41, 5.74) is 5.40. The number of nitrogens with zero attached hydrogens (tertiary/aromatic N) is 1. The molecule has 1 saturated carbocycles. The fourth-order valence-corrected chi connectivity index (χ4v) is 7.76. The predicted molar refractivity (Wildman–Crippen MR) is 168 cm³/mol. The number of likely N-dealkylation sites (tertiary alicyclic amines) is 1. The molecule has 3 aromatic carbocycles. The van der Waals surface area contributed by atoms with Gasteiger partial charge in [-0.1, -0.05) is 87.5 Å². The Morgan fingerprint density at radius 1 is 0.907 bits per heavy atom. The van der Waals surface area contributed by atoms with Crippen LogP contribution in [0.5, 0.6) is 0 Å². The molecule has 1 aliphatic carbocycles. The van der Waals surface area contributed by atoms with E-state index in [-0.39, 0.29) is 24.8 Å². The molecule has 3 fully saturated rings. The number of fused-ring (bicyclic) bond motifs is 2. The third-order valence-corrected chi connectivity index (χ3v) is 9.31. The van der Waals surface area contributed by atoms with Crippen molar-refractivity contribution in [1.29, 1.82) is 0 Å². The maximum Gasteiger partial charge on any atom is 0.319 e.